The summed E-state index contributed by atoms with van der Waals surface area (Å²) >= 11 is 0. The SMILES string of the molecule is CC(O)CN1C(=O)C2NC(=NCc3ccccc3)N(Cc3ccccc3)C2N(C)C1=O. The summed E-state index contributed by atoms with van der Waals surface area (Å²) in [5.41, 5.74) is 2.11. The van der Waals surface area contributed by atoms with E-state index in [2.05, 4.69) is 5.32 Å². The molecule has 162 valence electrons. The number of nitrogens with one attached hydrogen (secondary N) is 1. The molecule has 0 spiro atoms. The Kier molecular flexibility index (Phi) is 5.90. The number of hydrogen-bond acceptors (Lipinski definition) is 4. The van der Waals surface area contributed by atoms with E-state index in [1.807, 2.05) is 65.6 Å². The molecule has 0 bridgehead atoms. The van der Waals surface area contributed by atoms with Crippen molar-refractivity contribution in [3.05, 3.63) is 71.8 Å². The number of aliphatic imine (C=N–C) groups is 1. The average molecular weight is 422 g/mol. The lowest BCUT2D eigenvalue weighted by Crippen LogP contribution is -2.66. The number of hydrogen-bond donors (Lipinski definition) is 2. The van der Waals surface area contributed by atoms with Gasteiger partial charge in [0.2, 0.25) is 0 Å². The molecule has 8 heteroatoms. The summed E-state index contributed by atoms with van der Waals surface area (Å²) in [5, 5.41) is 13.0. The fourth-order valence-electron chi connectivity index (χ4n) is 4.06. The van der Waals surface area contributed by atoms with Gasteiger partial charge < -0.3 is 20.2 Å². The summed E-state index contributed by atoms with van der Waals surface area (Å²) in [5.74, 6) is 0.228. The Labute approximate surface area is 181 Å². The molecule has 0 saturated carbocycles. The number of imide groups is 1. The molecule has 2 N–H and O–H groups in total. The Balaban J connectivity index is 1.66. The first-order valence-corrected chi connectivity index (χ1v) is 10.4. The number of aliphatic hydroxyl groups is 1. The van der Waals surface area contributed by atoms with Gasteiger partial charge in [0.05, 0.1) is 19.2 Å². The molecule has 4 rings (SSSR count). The van der Waals surface area contributed by atoms with Crippen molar-refractivity contribution >= 4 is 17.9 Å². The zero-order valence-electron chi connectivity index (χ0n) is 17.7. The highest BCUT2D eigenvalue weighted by Crippen LogP contribution is 2.27. The molecule has 0 aromatic heterocycles. The molecule has 3 unspecified atom stereocenters. The van der Waals surface area contributed by atoms with Crippen LogP contribution >= 0.6 is 0 Å². The Morgan fingerprint density at radius 1 is 1.03 bits per heavy atom. The number of nitrogens with zero attached hydrogens (tertiary/aromatic N) is 4. The standard InChI is InChI=1S/C23H27N5O3/c1-16(29)14-28-21(30)19-20(26(2)23(28)31)27(15-18-11-7-4-8-12-18)22(25-19)24-13-17-9-5-3-6-10-17/h3-12,16,19-20,29H,13-15H2,1-2H3,(H,24,25). The van der Waals surface area contributed by atoms with E-state index < -0.39 is 24.3 Å². The number of urea groups is 1. The lowest BCUT2D eigenvalue weighted by atomic mass is 10.1. The van der Waals surface area contributed by atoms with Crippen molar-refractivity contribution in [1.82, 2.24) is 20.0 Å². The quantitative estimate of drug-likeness (QED) is 0.740. The highest BCUT2D eigenvalue weighted by Gasteiger charge is 2.52. The molecule has 0 aliphatic carbocycles. The molecular weight excluding hydrogens is 394 g/mol. The molecule has 3 atom stereocenters. The minimum absolute atomic E-state index is 0.0396. The van der Waals surface area contributed by atoms with E-state index in [0.717, 1.165) is 16.0 Å². The van der Waals surface area contributed by atoms with Crippen molar-refractivity contribution < 1.29 is 14.7 Å². The largest absolute Gasteiger partial charge is 0.392 e. The van der Waals surface area contributed by atoms with E-state index in [-0.39, 0.29) is 12.5 Å². The van der Waals surface area contributed by atoms with Crippen LogP contribution in [0, 0.1) is 0 Å². The number of carbonyl (C=O) groups excluding carboxylic acids is 2. The molecule has 2 fully saturated rings. The lowest BCUT2D eigenvalue weighted by molar-refractivity contribution is -0.137. The third kappa shape index (κ3) is 4.25. The first-order chi connectivity index (χ1) is 15.0. The van der Waals surface area contributed by atoms with Gasteiger partial charge in [-0.05, 0) is 18.1 Å². The molecule has 2 aliphatic heterocycles. The topological polar surface area (TPSA) is 88.5 Å². The van der Waals surface area contributed by atoms with Gasteiger partial charge in [0.15, 0.2) is 5.96 Å². The van der Waals surface area contributed by atoms with E-state index in [1.165, 1.54) is 0 Å². The smallest absolute Gasteiger partial charge is 0.328 e. The van der Waals surface area contributed by atoms with Crippen molar-refractivity contribution in [3.63, 3.8) is 0 Å². The van der Waals surface area contributed by atoms with Crippen LogP contribution in [-0.4, -0.2) is 69.6 Å². The summed E-state index contributed by atoms with van der Waals surface area (Å²) in [7, 11) is 1.68. The van der Waals surface area contributed by atoms with Crippen LogP contribution in [-0.2, 0) is 17.9 Å². The van der Waals surface area contributed by atoms with Crippen LogP contribution in [0.15, 0.2) is 65.7 Å². The molecule has 2 saturated heterocycles. The third-order valence-electron chi connectivity index (χ3n) is 5.53. The molecule has 0 radical (unpaired) electrons. The fourth-order valence-corrected chi connectivity index (χ4v) is 4.06. The van der Waals surface area contributed by atoms with Crippen LogP contribution in [0.25, 0.3) is 0 Å². The fraction of sp³-hybridized carbons (Fsp3) is 0.348. The Bertz CT molecular complexity index is 964. The molecular formula is C23H27N5O3. The van der Waals surface area contributed by atoms with Crippen LogP contribution < -0.4 is 5.32 Å². The van der Waals surface area contributed by atoms with Gasteiger partial charge in [-0.3, -0.25) is 9.69 Å². The number of guanidine groups is 1. The van der Waals surface area contributed by atoms with Gasteiger partial charge in [-0.15, -0.1) is 0 Å². The number of rotatable bonds is 6. The zero-order valence-corrected chi connectivity index (χ0v) is 17.7. The first-order valence-electron chi connectivity index (χ1n) is 10.4. The van der Waals surface area contributed by atoms with Gasteiger partial charge in [0.1, 0.15) is 12.2 Å². The second-order valence-electron chi connectivity index (χ2n) is 7.97. The number of benzene rings is 2. The summed E-state index contributed by atoms with van der Waals surface area (Å²) in [4.78, 5) is 35.4. The molecule has 8 nitrogen and oxygen atoms in total. The number of likely N-dealkylation sites (N-methyl/N-ethyl adjacent to an activating group) is 1. The van der Waals surface area contributed by atoms with Crippen molar-refractivity contribution in [2.24, 2.45) is 4.99 Å². The first kappa shape index (κ1) is 20.9. The number of fused-ring (bicyclic) bond motifs is 1. The molecule has 31 heavy (non-hydrogen) atoms. The minimum Gasteiger partial charge on any atom is -0.392 e. The highest BCUT2D eigenvalue weighted by atomic mass is 16.3. The minimum atomic E-state index is -0.800. The van der Waals surface area contributed by atoms with Crippen molar-refractivity contribution in [3.8, 4) is 0 Å². The Morgan fingerprint density at radius 3 is 2.26 bits per heavy atom. The van der Waals surface area contributed by atoms with Crippen LogP contribution in [0.3, 0.4) is 0 Å². The average Bonchev–Trinajstić information content (AvgIpc) is 3.13. The molecule has 2 aromatic rings. The molecule has 2 heterocycles. The molecule has 2 aromatic carbocycles. The van der Waals surface area contributed by atoms with Gasteiger partial charge in [-0.2, -0.15) is 0 Å². The Hall–Kier alpha value is -3.39. The second kappa shape index (κ2) is 8.77. The number of carbonyl (C=O) groups is 2. The van der Waals surface area contributed by atoms with E-state index in [1.54, 1.807) is 18.9 Å². The number of aliphatic hydroxyl groups excluding tert-OH is 1. The van der Waals surface area contributed by atoms with Gasteiger partial charge in [-0.1, -0.05) is 60.7 Å². The molecule has 2 aliphatic rings. The number of amides is 3. The van der Waals surface area contributed by atoms with E-state index >= 15 is 0 Å². The van der Waals surface area contributed by atoms with Gasteiger partial charge in [0.25, 0.3) is 5.91 Å². The molecule has 3 amide bonds. The van der Waals surface area contributed by atoms with Gasteiger partial charge in [-0.25, -0.2) is 9.79 Å². The van der Waals surface area contributed by atoms with Gasteiger partial charge in [0, 0.05) is 13.6 Å². The normalized spacial score (nSPS) is 23.2. The van der Waals surface area contributed by atoms with Gasteiger partial charge >= 0.3 is 6.03 Å². The maximum absolute atomic E-state index is 13.1. The van der Waals surface area contributed by atoms with Crippen molar-refractivity contribution in [2.45, 2.75) is 38.3 Å². The van der Waals surface area contributed by atoms with E-state index in [9.17, 15) is 14.7 Å². The highest BCUT2D eigenvalue weighted by molar-refractivity contribution is 6.04. The van der Waals surface area contributed by atoms with Crippen LogP contribution in [0.4, 0.5) is 4.79 Å². The zero-order chi connectivity index (χ0) is 22.0. The summed E-state index contributed by atoms with van der Waals surface area (Å²) < 4.78 is 0. The summed E-state index contributed by atoms with van der Waals surface area (Å²) in [6, 6.07) is 18.7. The van der Waals surface area contributed by atoms with Crippen LogP contribution in [0.1, 0.15) is 18.1 Å². The summed E-state index contributed by atoms with van der Waals surface area (Å²) in [6.07, 6.45) is -1.30. The predicted molar refractivity (Wildman–Crippen MR) is 117 cm³/mol. The predicted octanol–water partition coefficient (Wildman–Crippen LogP) is 1.62. The van der Waals surface area contributed by atoms with E-state index in [0.29, 0.717) is 19.0 Å². The summed E-state index contributed by atoms with van der Waals surface area (Å²) in [6.45, 7) is 2.48. The maximum Gasteiger partial charge on any atom is 0.328 e. The maximum atomic E-state index is 13.1. The Morgan fingerprint density at radius 2 is 1.65 bits per heavy atom. The monoisotopic (exact) mass is 421 g/mol. The van der Waals surface area contributed by atoms with Crippen molar-refractivity contribution in [1.29, 1.82) is 0 Å². The van der Waals surface area contributed by atoms with E-state index in [4.69, 9.17) is 4.99 Å². The van der Waals surface area contributed by atoms with Crippen LogP contribution in [0.2, 0.25) is 0 Å². The third-order valence-corrected chi connectivity index (χ3v) is 5.53. The van der Waals surface area contributed by atoms with Crippen LogP contribution in [0.5, 0.6) is 0 Å². The second-order valence-corrected chi connectivity index (χ2v) is 7.97. The number of β-amino-alcohol motifs (C(OH)–C–C–N with tert-alkyl or cyclic N) is 1. The van der Waals surface area contributed by atoms with Crippen molar-refractivity contribution in [2.75, 3.05) is 13.6 Å². The lowest BCUT2D eigenvalue weighted by Gasteiger charge is -2.42.